The zero-order chi connectivity index (χ0) is 11.1. The van der Waals surface area contributed by atoms with Gasteiger partial charge < -0.3 is 0 Å². The van der Waals surface area contributed by atoms with Crippen molar-refractivity contribution in [3.05, 3.63) is 0 Å². The summed E-state index contributed by atoms with van der Waals surface area (Å²) in [5.74, 6) is 1.03. The Morgan fingerprint density at radius 2 is 1.93 bits per heavy atom. The molecule has 0 aromatic carbocycles. The molecule has 1 saturated carbocycles. The molecule has 1 aliphatic heterocycles. The van der Waals surface area contributed by atoms with E-state index in [1.807, 2.05) is 0 Å². The fourth-order valence-electron chi connectivity index (χ4n) is 3.84. The van der Waals surface area contributed by atoms with Crippen LogP contribution in [0.15, 0.2) is 0 Å². The van der Waals surface area contributed by atoms with E-state index in [-0.39, 0.29) is 0 Å². The molecule has 0 N–H and O–H groups in total. The lowest BCUT2D eigenvalue weighted by molar-refractivity contribution is 0.0966. The van der Waals surface area contributed by atoms with Crippen LogP contribution in [0.25, 0.3) is 0 Å². The molecule has 1 heteroatoms. The van der Waals surface area contributed by atoms with Crippen molar-refractivity contribution in [2.75, 3.05) is 6.54 Å². The van der Waals surface area contributed by atoms with E-state index < -0.39 is 0 Å². The molecule has 2 aliphatic rings. The molecule has 0 amide bonds. The van der Waals surface area contributed by atoms with E-state index in [0.29, 0.717) is 5.41 Å². The van der Waals surface area contributed by atoms with Crippen molar-refractivity contribution in [1.82, 2.24) is 4.90 Å². The minimum Gasteiger partial charge on any atom is -0.297 e. The summed E-state index contributed by atoms with van der Waals surface area (Å²) >= 11 is 0. The summed E-state index contributed by atoms with van der Waals surface area (Å²) in [6.07, 6.45) is 7.23. The molecule has 2 fully saturated rings. The van der Waals surface area contributed by atoms with E-state index in [1.54, 1.807) is 0 Å². The van der Waals surface area contributed by atoms with Crippen molar-refractivity contribution < 1.29 is 0 Å². The first-order valence-corrected chi connectivity index (χ1v) is 6.86. The van der Waals surface area contributed by atoms with Gasteiger partial charge in [0.15, 0.2) is 0 Å². The molecule has 1 nitrogen and oxygen atoms in total. The first-order valence-electron chi connectivity index (χ1n) is 6.86. The number of nitrogens with zero attached hydrogens (tertiary/aromatic N) is 1. The van der Waals surface area contributed by atoms with Gasteiger partial charge in [-0.05, 0) is 43.6 Å². The molecule has 1 aliphatic carbocycles. The maximum absolute atomic E-state index is 2.82. The van der Waals surface area contributed by atoms with Crippen molar-refractivity contribution in [3.8, 4) is 0 Å². The largest absolute Gasteiger partial charge is 0.297 e. The minimum absolute atomic E-state index is 0.514. The lowest BCUT2D eigenvalue weighted by atomic mass is 9.79. The van der Waals surface area contributed by atoms with Crippen LogP contribution in [0.4, 0.5) is 0 Å². The van der Waals surface area contributed by atoms with Crippen molar-refractivity contribution in [2.24, 2.45) is 11.3 Å². The number of rotatable bonds is 3. The summed E-state index contributed by atoms with van der Waals surface area (Å²) < 4.78 is 0. The monoisotopic (exact) mass is 209 g/mol. The molecule has 15 heavy (non-hydrogen) atoms. The highest BCUT2D eigenvalue weighted by Crippen LogP contribution is 2.47. The Morgan fingerprint density at radius 1 is 1.20 bits per heavy atom. The third kappa shape index (κ3) is 1.84. The van der Waals surface area contributed by atoms with Gasteiger partial charge in [0.1, 0.15) is 0 Å². The van der Waals surface area contributed by atoms with Crippen LogP contribution in [0, 0.1) is 11.3 Å². The molecule has 1 heterocycles. The lowest BCUT2D eigenvalue weighted by Gasteiger charge is -2.39. The van der Waals surface area contributed by atoms with Crippen molar-refractivity contribution >= 4 is 0 Å². The minimum atomic E-state index is 0.514. The highest BCUT2D eigenvalue weighted by molar-refractivity contribution is 5.01. The lowest BCUT2D eigenvalue weighted by Crippen LogP contribution is -2.43. The molecule has 0 spiro atoms. The Kier molecular flexibility index (Phi) is 3.12. The summed E-state index contributed by atoms with van der Waals surface area (Å²) in [5, 5.41) is 0. The van der Waals surface area contributed by atoms with Gasteiger partial charge in [-0.3, -0.25) is 4.90 Å². The van der Waals surface area contributed by atoms with Gasteiger partial charge in [0, 0.05) is 12.1 Å². The van der Waals surface area contributed by atoms with E-state index in [0.717, 1.165) is 18.0 Å². The molecular formula is C14H27N. The van der Waals surface area contributed by atoms with Crippen LogP contribution in [0.1, 0.15) is 59.8 Å². The smallest absolute Gasteiger partial charge is 0.0152 e. The quantitative estimate of drug-likeness (QED) is 0.685. The van der Waals surface area contributed by atoms with Crippen molar-refractivity contribution in [3.63, 3.8) is 0 Å². The topological polar surface area (TPSA) is 3.24 Å². The highest BCUT2D eigenvalue weighted by Gasteiger charge is 2.47. The van der Waals surface area contributed by atoms with E-state index in [4.69, 9.17) is 0 Å². The second-order valence-electron chi connectivity index (χ2n) is 6.18. The zero-order valence-electron chi connectivity index (χ0n) is 10.9. The summed E-state index contributed by atoms with van der Waals surface area (Å²) in [4.78, 5) is 2.82. The molecular weight excluding hydrogens is 182 g/mol. The Bertz CT molecular complexity index is 221. The van der Waals surface area contributed by atoms with Gasteiger partial charge in [-0.1, -0.05) is 34.1 Å². The summed E-state index contributed by atoms with van der Waals surface area (Å²) in [5.41, 5.74) is 0.514. The molecule has 0 unspecified atom stereocenters. The fourth-order valence-corrected chi connectivity index (χ4v) is 3.84. The molecule has 2 rings (SSSR count). The van der Waals surface area contributed by atoms with Crippen LogP contribution in [-0.2, 0) is 0 Å². The van der Waals surface area contributed by atoms with Gasteiger partial charge in [-0.2, -0.15) is 0 Å². The number of fused-ring (bicyclic) bond motifs is 1. The maximum atomic E-state index is 2.82. The van der Waals surface area contributed by atoms with Gasteiger partial charge in [0.05, 0.1) is 0 Å². The van der Waals surface area contributed by atoms with Gasteiger partial charge in [-0.15, -0.1) is 0 Å². The average Bonchev–Trinajstić information content (AvgIpc) is 2.76. The van der Waals surface area contributed by atoms with Gasteiger partial charge in [0.25, 0.3) is 0 Å². The van der Waals surface area contributed by atoms with E-state index in [1.165, 1.54) is 38.6 Å². The van der Waals surface area contributed by atoms with E-state index in [2.05, 4.69) is 32.6 Å². The second-order valence-corrected chi connectivity index (χ2v) is 6.18. The molecule has 88 valence electrons. The maximum Gasteiger partial charge on any atom is 0.0152 e. The van der Waals surface area contributed by atoms with E-state index >= 15 is 0 Å². The van der Waals surface area contributed by atoms with Crippen LogP contribution in [0.2, 0.25) is 0 Å². The standard InChI is InChI=1S/C14H27N/c1-5-14(3,4)13-10-11-8-7-9-12(11)15(13)6-2/h11-13H,5-10H2,1-4H3/t11-,12-,13-/m0/s1. The van der Waals surface area contributed by atoms with Crippen LogP contribution in [-0.4, -0.2) is 23.5 Å². The first-order chi connectivity index (χ1) is 7.10. The Morgan fingerprint density at radius 3 is 2.53 bits per heavy atom. The van der Waals surface area contributed by atoms with Gasteiger partial charge in [0.2, 0.25) is 0 Å². The Labute approximate surface area is 95.2 Å². The zero-order valence-corrected chi connectivity index (χ0v) is 10.9. The first kappa shape index (κ1) is 11.4. The van der Waals surface area contributed by atoms with Crippen molar-refractivity contribution in [1.29, 1.82) is 0 Å². The highest BCUT2D eigenvalue weighted by atomic mass is 15.2. The molecule has 1 saturated heterocycles. The normalized spacial score (nSPS) is 37.2. The fraction of sp³-hybridized carbons (Fsp3) is 1.00. The van der Waals surface area contributed by atoms with Crippen LogP contribution in [0.3, 0.4) is 0 Å². The predicted octanol–water partition coefficient (Wildman–Crippen LogP) is 3.69. The molecule has 0 aromatic heterocycles. The summed E-state index contributed by atoms with van der Waals surface area (Å²) in [7, 11) is 0. The SMILES string of the molecule is CCN1[C@H](C(C)(C)CC)C[C@@H]2CCC[C@@H]21. The number of hydrogen-bond acceptors (Lipinski definition) is 1. The van der Waals surface area contributed by atoms with Crippen LogP contribution in [0.5, 0.6) is 0 Å². The molecule has 0 radical (unpaired) electrons. The molecule has 3 atom stereocenters. The second kappa shape index (κ2) is 4.08. The van der Waals surface area contributed by atoms with Crippen LogP contribution >= 0.6 is 0 Å². The molecule has 0 aromatic rings. The summed E-state index contributed by atoms with van der Waals surface area (Å²) in [6.45, 7) is 10.9. The van der Waals surface area contributed by atoms with E-state index in [9.17, 15) is 0 Å². The van der Waals surface area contributed by atoms with Gasteiger partial charge >= 0.3 is 0 Å². The van der Waals surface area contributed by atoms with Crippen LogP contribution < -0.4 is 0 Å². The Balaban J connectivity index is 2.14. The van der Waals surface area contributed by atoms with Gasteiger partial charge in [-0.25, -0.2) is 0 Å². The number of hydrogen-bond donors (Lipinski definition) is 0. The number of likely N-dealkylation sites (tertiary alicyclic amines) is 1. The third-order valence-corrected chi connectivity index (χ3v) is 5.15. The van der Waals surface area contributed by atoms with Crippen molar-refractivity contribution in [2.45, 2.75) is 71.9 Å². The Hall–Kier alpha value is -0.0400. The predicted molar refractivity (Wildman–Crippen MR) is 66.0 cm³/mol. The molecule has 0 bridgehead atoms. The average molecular weight is 209 g/mol. The third-order valence-electron chi connectivity index (χ3n) is 5.15. The summed E-state index contributed by atoms with van der Waals surface area (Å²) in [6, 6.07) is 1.79.